The maximum atomic E-state index is 10.7. The summed E-state index contributed by atoms with van der Waals surface area (Å²) in [4.78, 5) is 13.6. The summed E-state index contributed by atoms with van der Waals surface area (Å²) >= 11 is 0. The first-order valence-corrected chi connectivity index (χ1v) is 6.73. The van der Waals surface area contributed by atoms with E-state index in [1.807, 2.05) is 24.4 Å². The van der Waals surface area contributed by atoms with E-state index < -0.39 is 0 Å². The SMILES string of the molecule is O=[N+]([O-])c1cccc(CNCc2cccc3[nH]ccc23)c1. The summed E-state index contributed by atoms with van der Waals surface area (Å²) in [5, 5.41) is 15.3. The Balaban J connectivity index is 1.67. The number of aromatic nitrogens is 1. The molecule has 0 aliphatic carbocycles. The van der Waals surface area contributed by atoms with E-state index in [0.717, 1.165) is 17.6 Å². The lowest BCUT2D eigenvalue weighted by Gasteiger charge is -2.06. The van der Waals surface area contributed by atoms with Gasteiger partial charge in [-0.2, -0.15) is 0 Å². The number of nitro groups is 1. The Kier molecular flexibility index (Phi) is 3.66. The van der Waals surface area contributed by atoms with Crippen molar-refractivity contribution >= 4 is 16.6 Å². The molecule has 0 fully saturated rings. The van der Waals surface area contributed by atoms with Crippen LogP contribution >= 0.6 is 0 Å². The van der Waals surface area contributed by atoms with Gasteiger partial charge in [0.05, 0.1) is 4.92 Å². The number of benzene rings is 2. The van der Waals surface area contributed by atoms with Gasteiger partial charge in [-0.3, -0.25) is 10.1 Å². The normalized spacial score (nSPS) is 10.9. The maximum absolute atomic E-state index is 10.7. The van der Waals surface area contributed by atoms with Crippen molar-refractivity contribution < 1.29 is 4.92 Å². The highest BCUT2D eigenvalue weighted by Crippen LogP contribution is 2.17. The van der Waals surface area contributed by atoms with Crippen molar-refractivity contribution in [1.82, 2.24) is 10.3 Å². The molecule has 106 valence electrons. The quantitative estimate of drug-likeness (QED) is 0.556. The number of hydrogen-bond donors (Lipinski definition) is 2. The fourth-order valence-electron chi connectivity index (χ4n) is 2.43. The van der Waals surface area contributed by atoms with Crippen molar-refractivity contribution in [3.05, 3.63) is 76.0 Å². The van der Waals surface area contributed by atoms with Crippen LogP contribution in [0.1, 0.15) is 11.1 Å². The zero-order valence-electron chi connectivity index (χ0n) is 11.4. The number of aromatic amines is 1. The minimum atomic E-state index is -0.371. The smallest absolute Gasteiger partial charge is 0.269 e. The second-order valence-electron chi connectivity index (χ2n) is 4.89. The van der Waals surface area contributed by atoms with Crippen molar-refractivity contribution in [3.8, 4) is 0 Å². The lowest BCUT2D eigenvalue weighted by molar-refractivity contribution is -0.384. The second-order valence-corrected chi connectivity index (χ2v) is 4.89. The predicted octanol–water partition coefficient (Wildman–Crippen LogP) is 3.37. The summed E-state index contributed by atoms with van der Waals surface area (Å²) in [6.45, 7) is 1.32. The minimum Gasteiger partial charge on any atom is -0.361 e. The van der Waals surface area contributed by atoms with Crippen molar-refractivity contribution in [2.24, 2.45) is 0 Å². The summed E-state index contributed by atoms with van der Waals surface area (Å²) < 4.78 is 0. The van der Waals surface area contributed by atoms with Gasteiger partial charge in [-0.1, -0.05) is 24.3 Å². The number of rotatable bonds is 5. The Bertz CT molecular complexity index is 780. The minimum absolute atomic E-state index is 0.127. The first-order chi connectivity index (χ1) is 10.2. The molecule has 3 aromatic rings. The van der Waals surface area contributed by atoms with Gasteiger partial charge in [0.15, 0.2) is 0 Å². The molecule has 1 aromatic heterocycles. The van der Waals surface area contributed by atoms with Crippen molar-refractivity contribution in [2.75, 3.05) is 0 Å². The van der Waals surface area contributed by atoms with Crippen LogP contribution in [-0.4, -0.2) is 9.91 Å². The van der Waals surface area contributed by atoms with Crippen LogP contribution in [0, 0.1) is 10.1 Å². The molecule has 0 unspecified atom stereocenters. The van der Waals surface area contributed by atoms with Gasteiger partial charge < -0.3 is 10.3 Å². The fourth-order valence-corrected chi connectivity index (χ4v) is 2.43. The van der Waals surface area contributed by atoms with E-state index in [9.17, 15) is 10.1 Å². The first kappa shape index (κ1) is 13.3. The van der Waals surface area contributed by atoms with E-state index in [-0.39, 0.29) is 10.6 Å². The summed E-state index contributed by atoms with van der Waals surface area (Å²) in [7, 11) is 0. The molecule has 0 amide bonds. The molecule has 21 heavy (non-hydrogen) atoms. The molecular weight excluding hydrogens is 266 g/mol. The van der Waals surface area contributed by atoms with Gasteiger partial charge in [0.25, 0.3) is 5.69 Å². The van der Waals surface area contributed by atoms with Gasteiger partial charge in [-0.15, -0.1) is 0 Å². The number of fused-ring (bicyclic) bond motifs is 1. The van der Waals surface area contributed by atoms with E-state index in [1.165, 1.54) is 17.0 Å². The highest BCUT2D eigenvalue weighted by Gasteiger charge is 2.06. The van der Waals surface area contributed by atoms with Crippen LogP contribution in [0.5, 0.6) is 0 Å². The Morgan fingerprint density at radius 1 is 1.10 bits per heavy atom. The van der Waals surface area contributed by atoms with Crippen molar-refractivity contribution in [2.45, 2.75) is 13.1 Å². The van der Waals surface area contributed by atoms with Gasteiger partial charge in [0.1, 0.15) is 0 Å². The molecule has 0 aliphatic heterocycles. The Hall–Kier alpha value is -2.66. The first-order valence-electron chi connectivity index (χ1n) is 6.73. The van der Waals surface area contributed by atoms with Crippen LogP contribution < -0.4 is 5.32 Å². The van der Waals surface area contributed by atoms with E-state index in [1.54, 1.807) is 12.1 Å². The molecule has 0 saturated heterocycles. The topological polar surface area (TPSA) is 71.0 Å². The third-order valence-corrected chi connectivity index (χ3v) is 3.45. The maximum Gasteiger partial charge on any atom is 0.269 e. The molecule has 5 heteroatoms. The van der Waals surface area contributed by atoms with Crippen molar-refractivity contribution in [1.29, 1.82) is 0 Å². The molecule has 1 heterocycles. The summed E-state index contributed by atoms with van der Waals surface area (Å²) in [6, 6.07) is 14.9. The highest BCUT2D eigenvalue weighted by molar-refractivity contribution is 5.82. The fraction of sp³-hybridized carbons (Fsp3) is 0.125. The Labute approximate surface area is 121 Å². The molecule has 2 aromatic carbocycles. The number of hydrogen-bond acceptors (Lipinski definition) is 3. The van der Waals surface area contributed by atoms with Gasteiger partial charge >= 0.3 is 0 Å². The van der Waals surface area contributed by atoms with Crippen molar-refractivity contribution in [3.63, 3.8) is 0 Å². The third kappa shape index (κ3) is 2.93. The zero-order chi connectivity index (χ0) is 14.7. The molecule has 5 nitrogen and oxygen atoms in total. The lowest BCUT2D eigenvalue weighted by atomic mass is 10.1. The number of non-ortho nitro benzene ring substituents is 1. The van der Waals surface area contributed by atoms with Crippen LogP contribution in [0.4, 0.5) is 5.69 Å². The average Bonchev–Trinajstić information content (AvgIpc) is 2.97. The molecule has 0 radical (unpaired) electrons. The lowest BCUT2D eigenvalue weighted by Crippen LogP contribution is -2.12. The summed E-state index contributed by atoms with van der Waals surface area (Å²) in [6.07, 6.45) is 1.93. The third-order valence-electron chi connectivity index (χ3n) is 3.45. The number of nitrogens with one attached hydrogen (secondary N) is 2. The molecule has 0 aliphatic rings. The molecular formula is C16H15N3O2. The molecule has 0 saturated carbocycles. The molecule has 0 spiro atoms. The van der Waals surface area contributed by atoms with Crippen LogP contribution in [0.25, 0.3) is 10.9 Å². The average molecular weight is 281 g/mol. The van der Waals surface area contributed by atoms with Gasteiger partial charge in [-0.05, 0) is 23.3 Å². The standard InChI is InChI=1S/C16H15N3O2/c20-19(21)14-5-1-3-12(9-14)10-17-11-13-4-2-6-16-15(13)7-8-18-16/h1-9,17-18H,10-11H2. The molecule has 0 atom stereocenters. The monoisotopic (exact) mass is 281 g/mol. The summed E-state index contributed by atoms with van der Waals surface area (Å²) in [5.74, 6) is 0. The number of nitrogens with zero attached hydrogens (tertiary/aromatic N) is 1. The van der Waals surface area contributed by atoms with Crippen LogP contribution in [0.15, 0.2) is 54.7 Å². The van der Waals surface area contributed by atoms with E-state index in [0.29, 0.717) is 6.54 Å². The second kappa shape index (κ2) is 5.76. The predicted molar refractivity (Wildman–Crippen MR) is 81.9 cm³/mol. The van der Waals surface area contributed by atoms with E-state index in [2.05, 4.69) is 22.4 Å². The number of nitro benzene ring substituents is 1. The summed E-state index contributed by atoms with van der Waals surface area (Å²) in [5.41, 5.74) is 3.36. The number of H-pyrrole nitrogens is 1. The van der Waals surface area contributed by atoms with E-state index in [4.69, 9.17) is 0 Å². The molecule has 3 rings (SSSR count). The largest absolute Gasteiger partial charge is 0.361 e. The van der Waals surface area contributed by atoms with Gasteiger partial charge in [-0.25, -0.2) is 0 Å². The molecule has 0 bridgehead atoms. The zero-order valence-corrected chi connectivity index (χ0v) is 11.4. The molecule has 2 N–H and O–H groups in total. The van der Waals surface area contributed by atoms with Gasteiger partial charge in [0, 0.05) is 42.3 Å². The van der Waals surface area contributed by atoms with Gasteiger partial charge in [0.2, 0.25) is 0 Å². The highest BCUT2D eigenvalue weighted by atomic mass is 16.6. The van der Waals surface area contributed by atoms with Crippen LogP contribution in [0.3, 0.4) is 0 Å². The van der Waals surface area contributed by atoms with Crippen LogP contribution in [0.2, 0.25) is 0 Å². The Morgan fingerprint density at radius 2 is 1.95 bits per heavy atom. The van der Waals surface area contributed by atoms with E-state index >= 15 is 0 Å². The van der Waals surface area contributed by atoms with Crippen LogP contribution in [-0.2, 0) is 13.1 Å². The Morgan fingerprint density at radius 3 is 2.81 bits per heavy atom.